The zero-order valence-electron chi connectivity index (χ0n) is 21.5. The van der Waals surface area contributed by atoms with Crippen molar-refractivity contribution < 1.29 is 0 Å². The van der Waals surface area contributed by atoms with Gasteiger partial charge in [-0.25, -0.2) is 4.98 Å². The summed E-state index contributed by atoms with van der Waals surface area (Å²) in [7, 11) is 0. The zero-order chi connectivity index (χ0) is 26.0. The summed E-state index contributed by atoms with van der Waals surface area (Å²) in [6.07, 6.45) is 0. The Kier molecular flexibility index (Phi) is 4.95. The normalized spacial score (nSPS) is 12.1. The molecule has 0 saturated carbocycles. The van der Waals surface area contributed by atoms with Gasteiger partial charge in [-0.3, -0.25) is 4.57 Å². The van der Waals surface area contributed by atoms with Gasteiger partial charge < -0.3 is 0 Å². The fourth-order valence-corrected chi connectivity index (χ4v) is 6.70. The monoisotopic (exact) mass is 507 g/mol. The third kappa shape index (κ3) is 3.36. The number of rotatable bonds is 2. The quantitative estimate of drug-likeness (QED) is 0.234. The van der Waals surface area contributed by atoms with Gasteiger partial charge >= 0.3 is 0 Å². The molecule has 182 valence electrons. The second-order valence-electron chi connectivity index (χ2n) is 10.8. The van der Waals surface area contributed by atoms with E-state index in [1.165, 1.54) is 15.6 Å². The Hall–Kier alpha value is -4.46. The molecule has 7 rings (SSSR count). The Morgan fingerprint density at radius 2 is 1.53 bits per heavy atom. The summed E-state index contributed by atoms with van der Waals surface area (Å²) in [4.78, 5) is 5.32. The number of fused-ring (bicyclic) bond motifs is 6. The molecule has 0 aliphatic rings. The van der Waals surface area contributed by atoms with Crippen LogP contribution >= 0.6 is 11.3 Å². The predicted molar refractivity (Wildman–Crippen MR) is 160 cm³/mol. The first-order valence-corrected chi connectivity index (χ1v) is 13.6. The SMILES string of the molecule is CC(C)(C)c1ccc(-n2c(-c3ccc(C#N)c4c3sc3ccccc34)nc3c4ccccc4ccc32)cc1. The Morgan fingerprint density at radius 1 is 0.789 bits per heavy atom. The van der Waals surface area contributed by atoms with Crippen molar-refractivity contribution in [3.63, 3.8) is 0 Å². The lowest BCUT2D eigenvalue weighted by atomic mass is 9.87. The highest BCUT2D eigenvalue weighted by molar-refractivity contribution is 7.26. The van der Waals surface area contributed by atoms with E-state index < -0.39 is 0 Å². The van der Waals surface area contributed by atoms with Crippen molar-refractivity contribution in [2.24, 2.45) is 0 Å². The Balaban J connectivity index is 1.60. The second kappa shape index (κ2) is 8.28. The van der Waals surface area contributed by atoms with E-state index in [1.54, 1.807) is 11.3 Å². The molecule has 0 N–H and O–H groups in total. The lowest BCUT2D eigenvalue weighted by molar-refractivity contribution is 0.590. The maximum atomic E-state index is 9.97. The van der Waals surface area contributed by atoms with Crippen LogP contribution in [-0.4, -0.2) is 9.55 Å². The molecular formula is C34H25N3S. The summed E-state index contributed by atoms with van der Waals surface area (Å²) in [5.41, 5.74) is 6.24. The van der Waals surface area contributed by atoms with Gasteiger partial charge in [0.05, 0.1) is 22.7 Å². The molecule has 0 fully saturated rings. The molecule has 5 aromatic carbocycles. The molecule has 2 heterocycles. The van der Waals surface area contributed by atoms with Crippen LogP contribution in [0.4, 0.5) is 0 Å². The molecule has 0 amide bonds. The number of hydrogen-bond acceptors (Lipinski definition) is 3. The molecule has 0 aliphatic heterocycles. The van der Waals surface area contributed by atoms with Gasteiger partial charge in [0.15, 0.2) is 0 Å². The number of nitriles is 1. The van der Waals surface area contributed by atoms with E-state index in [4.69, 9.17) is 4.98 Å². The van der Waals surface area contributed by atoms with Crippen molar-refractivity contribution in [1.82, 2.24) is 9.55 Å². The van der Waals surface area contributed by atoms with E-state index in [2.05, 4.69) is 116 Å². The van der Waals surface area contributed by atoms with Gasteiger partial charge in [-0.2, -0.15) is 5.26 Å². The lowest BCUT2D eigenvalue weighted by Crippen LogP contribution is -2.11. The third-order valence-corrected chi connectivity index (χ3v) is 8.63. The highest BCUT2D eigenvalue weighted by Gasteiger charge is 2.22. The first kappa shape index (κ1) is 22.7. The Labute approximate surface area is 225 Å². The number of aromatic nitrogens is 2. The molecule has 0 saturated heterocycles. The maximum Gasteiger partial charge on any atom is 0.147 e. The Morgan fingerprint density at radius 3 is 2.29 bits per heavy atom. The van der Waals surface area contributed by atoms with Gasteiger partial charge in [0.25, 0.3) is 0 Å². The molecule has 7 aromatic rings. The molecule has 0 aliphatic carbocycles. The van der Waals surface area contributed by atoms with Crippen LogP contribution in [0.5, 0.6) is 0 Å². The summed E-state index contributed by atoms with van der Waals surface area (Å²) < 4.78 is 4.55. The standard InChI is InChI=1S/C34H25N3S/c1-34(2,3)23-14-16-24(17-15-23)37-28-19-13-21-8-4-5-9-25(21)31(28)36-33(37)27-18-12-22(20-35)30-26-10-6-7-11-29(26)38-32(27)30/h4-19H,1-3H3. The number of hydrogen-bond donors (Lipinski definition) is 0. The topological polar surface area (TPSA) is 41.6 Å². The van der Waals surface area contributed by atoms with Crippen LogP contribution in [0.25, 0.3) is 59.1 Å². The van der Waals surface area contributed by atoms with Crippen LogP contribution in [0.2, 0.25) is 0 Å². The number of imidazole rings is 1. The minimum atomic E-state index is 0.0743. The highest BCUT2D eigenvalue weighted by atomic mass is 32.1. The number of nitrogens with zero attached hydrogens (tertiary/aromatic N) is 3. The molecule has 38 heavy (non-hydrogen) atoms. The van der Waals surface area contributed by atoms with Crippen LogP contribution in [0.15, 0.2) is 97.1 Å². The van der Waals surface area contributed by atoms with E-state index in [1.807, 2.05) is 12.1 Å². The Bertz CT molecular complexity index is 2060. The van der Waals surface area contributed by atoms with E-state index >= 15 is 0 Å². The maximum absolute atomic E-state index is 9.97. The zero-order valence-corrected chi connectivity index (χ0v) is 22.3. The van der Waals surface area contributed by atoms with Gasteiger partial charge in [-0.1, -0.05) is 81.4 Å². The third-order valence-electron chi connectivity index (χ3n) is 7.43. The molecule has 0 unspecified atom stereocenters. The molecule has 0 spiro atoms. The summed E-state index contributed by atoms with van der Waals surface area (Å²) in [5.74, 6) is 0.890. The first-order valence-electron chi connectivity index (χ1n) is 12.8. The first-order chi connectivity index (χ1) is 18.4. The van der Waals surface area contributed by atoms with Crippen molar-refractivity contribution in [3.05, 3.63) is 108 Å². The van der Waals surface area contributed by atoms with E-state index in [9.17, 15) is 5.26 Å². The van der Waals surface area contributed by atoms with Crippen molar-refractivity contribution in [2.75, 3.05) is 0 Å². The van der Waals surface area contributed by atoms with E-state index in [-0.39, 0.29) is 5.41 Å². The van der Waals surface area contributed by atoms with Gasteiger partial charge in [-0.05, 0) is 52.8 Å². The predicted octanol–water partition coefficient (Wildman–Crippen LogP) is 9.38. The minimum absolute atomic E-state index is 0.0743. The fraction of sp³-hybridized carbons (Fsp3) is 0.118. The average molecular weight is 508 g/mol. The molecule has 0 atom stereocenters. The van der Waals surface area contributed by atoms with Crippen molar-refractivity contribution >= 4 is 53.3 Å². The molecule has 3 nitrogen and oxygen atoms in total. The molecule has 0 radical (unpaired) electrons. The van der Waals surface area contributed by atoms with Crippen LogP contribution in [0.3, 0.4) is 0 Å². The lowest BCUT2D eigenvalue weighted by Gasteiger charge is -2.19. The molecule has 0 bridgehead atoms. The van der Waals surface area contributed by atoms with Crippen LogP contribution in [0.1, 0.15) is 31.9 Å². The van der Waals surface area contributed by atoms with Crippen LogP contribution in [0, 0.1) is 11.3 Å². The summed E-state index contributed by atoms with van der Waals surface area (Å²) in [6.45, 7) is 6.71. The smallest absolute Gasteiger partial charge is 0.147 e. The van der Waals surface area contributed by atoms with E-state index in [0.29, 0.717) is 5.56 Å². The largest absolute Gasteiger partial charge is 0.292 e. The molecule has 4 heteroatoms. The highest BCUT2D eigenvalue weighted by Crippen LogP contribution is 2.43. The van der Waals surface area contributed by atoms with Crippen molar-refractivity contribution in [3.8, 4) is 23.1 Å². The van der Waals surface area contributed by atoms with Crippen LogP contribution in [-0.2, 0) is 5.41 Å². The van der Waals surface area contributed by atoms with Crippen molar-refractivity contribution in [2.45, 2.75) is 26.2 Å². The summed E-state index contributed by atoms with van der Waals surface area (Å²) >= 11 is 1.73. The second-order valence-corrected chi connectivity index (χ2v) is 11.8. The van der Waals surface area contributed by atoms with Crippen molar-refractivity contribution in [1.29, 1.82) is 5.26 Å². The van der Waals surface area contributed by atoms with Gasteiger partial charge in [-0.15, -0.1) is 11.3 Å². The minimum Gasteiger partial charge on any atom is -0.292 e. The average Bonchev–Trinajstić information content (AvgIpc) is 3.52. The van der Waals surface area contributed by atoms with Gasteiger partial charge in [0, 0.05) is 36.8 Å². The van der Waals surface area contributed by atoms with E-state index in [0.717, 1.165) is 49.0 Å². The molecular weight excluding hydrogens is 482 g/mol. The number of thiophene rings is 1. The number of benzene rings is 5. The van der Waals surface area contributed by atoms with Gasteiger partial charge in [0.1, 0.15) is 5.82 Å². The summed E-state index contributed by atoms with van der Waals surface area (Å²) in [5, 5.41) is 14.4. The summed E-state index contributed by atoms with van der Waals surface area (Å²) in [6, 6.07) is 36.4. The molecule has 2 aromatic heterocycles. The van der Waals surface area contributed by atoms with Crippen LogP contribution < -0.4 is 0 Å². The fourth-order valence-electron chi connectivity index (χ4n) is 5.46. The van der Waals surface area contributed by atoms with Gasteiger partial charge in [0.2, 0.25) is 0 Å².